The quantitative estimate of drug-likeness (QED) is 0.519. The van der Waals surface area contributed by atoms with Crippen LogP contribution in [0.1, 0.15) is 23.2 Å². The molecule has 3 aromatic rings. The molecule has 0 radical (unpaired) electrons. The predicted octanol–water partition coefficient (Wildman–Crippen LogP) is 3.72. The Kier molecular flexibility index (Phi) is 6.93. The second kappa shape index (κ2) is 10.4. The summed E-state index contributed by atoms with van der Waals surface area (Å²) in [5.41, 5.74) is 3.31. The van der Waals surface area contributed by atoms with E-state index in [1.807, 2.05) is 11.0 Å². The lowest BCUT2D eigenvalue weighted by atomic mass is 10.1. The number of carbonyl (C=O) groups excluding carboxylic acids is 1. The van der Waals surface area contributed by atoms with Crippen LogP contribution in [0.4, 0.5) is 5.69 Å². The Labute approximate surface area is 196 Å². The van der Waals surface area contributed by atoms with E-state index in [4.69, 9.17) is 4.74 Å². The van der Waals surface area contributed by atoms with E-state index in [1.165, 1.54) is 12.1 Å². The molecule has 1 aromatic heterocycles. The number of para-hydroxylation sites is 2. The fraction of sp³-hybridized carbons (Fsp3) is 0.444. The minimum absolute atomic E-state index is 0.129. The lowest BCUT2D eigenvalue weighted by Crippen LogP contribution is -2.46. The molecule has 2 fully saturated rings. The third-order valence-corrected chi connectivity index (χ3v) is 6.93. The van der Waals surface area contributed by atoms with Gasteiger partial charge in [-0.2, -0.15) is 0 Å². The van der Waals surface area contributed by atoms with Crippen molar-refractivity contribution in [3.05, 3.63) is 66.4 Å². The molecular formula is C27H34N4O2. The van der Waals surface area contributed by atoms with Gasteiger partial charge in [-0.05, 0) is 37.6 Å². The number of aryl methyl sites for hydroxylation is 1. The number of unbranched alkanes of at least 4 members (excludes halogenated alkanes) is 1. The highest BCUT2D eigenvalue weighted by Gasteiger charge is 2.22. The first-order valence-electron chi connectivity index (χ1n) is 12.3. The summed E-state index contributed by atoms with van der Waals surface area (Å²) in [6.07, 6.45) is 4.36. The Bertz CT molecular complexity index is 1050. The van der Waals surface area contributed by atoms with Crippen molar-refractivity contribution in [1.82, 2.24) is 14.4 Å². The minimum Gasteiger partial charge on any atom is -0.378 e. The molecule has 2 aliphatic heterocycles. The second-order valence-corrected chi connectivity index (χ2v) is 9.03. The molecule has 33 heavy (non-hydrogen) atoms. The molecule has 0 aliphatic carbocycles. The average molecular weight is 447 g/mol. The highest BCUT2D eigenvalue weighted by Crippen LogP contribution is 2.24. The maximum atomic E-state index is 13.1. The molecule has 1 amide bonds. The van der Waals surface area contributed by atoms with Crippen LogP contribution in [0.2, 0.25) is 0 Å². The topological polar surface area (TPSA) is 41.0 Å². The monoisotopic (exact) mass is 446 g/mol. The molecule has 0 saturated carbocycles. The number of rotatable bonds is 7. The predicted molar refractivity (Wildman–Crippen MR) is 133 cm³/mol. The summed E-state index contributed by atoms with van der Waals surface area (Å²) in [5.74, 6) is 0.129. The summed E-state index contributed by atoms with van der Waals surface area (Å²) < 4.78 is 7.69. The van der Waals surface area contributed by atoms with Gasteiger partial charge in [0.05, 0.1) is 18.8 Å². The van der Waals surface area contributed by atoms with Gasteiger partial charge in [0.1, 0.15) is 0 Å². The summed E-state index contributed by atoms with van der Waals surface area (Å²) in [7, 11) is 0. The van der Waals surface area contributed by atoms with Crippen molar-refractivity contribution < 1.29 is 9.53 Å². The number of hydrogen-bond acceptors (Lipinski definition) is 4. The number of benzene rings is 2. The van der Waals surface area contributed by atoms with Gasteiger partial charge in [-0.3, -0.25) is 9.69 Å². The molecule has 2 aromatic carbocycles. The molecule has 0 N–H and O–H groups in total. The Balaban J connectivity index is 1.14. The smallest absolute Gasteiger partial charge is 0.256 e. The molecule has 6 heteroatoms. The van der Waals surface area contributed by atoms with Crippen LogP contribution in [-0.4, -0.2) is 79.3 Å². The fourth-order valence-electron chi connectivity index (χ4n) is 5.03. The molecule has 0 spiro atoms. The molecule has 0 unspecified atom stereocenters. The number of fused-ring (bicyclic) bond motifs is 1. The molecule has 174 valence electrons. The number of hydrogen-bond donors (Lipinski definition) is 0. The van der Waals surface area contributed by atoms with E-state index in [9.17, 15) is 4.79 Å². The van der Waals surface area contributed by atoms with Crippen LogP contribution in [-0.2, 0) is 11.3 Å². The Hall–Kier alpha value is -2.83. The zero-order valence-corrected chi connectivity index (χ0v) is 19.4. The number of morpholine rings is 1. The van der Waals surface area contributed by atoms with Gasteiger partial charge in [-0.25, -0.2) is 0 Å². The van der Waals surface area contributed by atoms with Crippen molar-refractivity contribution >= 4 is 22.5 Å². The van der Waals surface area contributed by atoms with Gasteiger partial charge in [0.25, 0.3) is 5.91 Å². The summed E-state index contributed by atoms with van der Waals surface area (Å²) in [6.45, 7) is 9.14. The normalized spacial score (nSPS) is 17.6. The lowest BCUT2D eigenvalue weighted by molar-refractivity contribution is 0.0304. The van der Waals surface area contributed by atoms with Crippen molar-refractivity contribution in [3.8, 4) is 0 Å². The third kappa shape index (κ3) is 5.07. The summed E-state index contributed by atoms with van der Waals surface area (Å²) >= 11 is 0. The number of anilines is 1. The van der Waals surface area contributed by atoms with Crippen molar-refractivity contribution in [2.75, 3.05) is 63.9 Å². The van der Waals surface area contributed by atoms with Crippen molar-refractivity contribution in [2.24, 2.45) is 0 Å². The molecule has 5 rings (SSSR count). The van der Waals surface area contributed by atoms with Crippen LogP contribution in [0, 0.1) is 0 Å². The van der Waals surface area contributed by atoms with E-state index in [0.29, 0.717) is 26.3 Å². The molecule has 2 aliphatic rings. The van der Waals surface area contributed by atoms with Crippen LogP contribution in [0.3, 0.4) is 0 Å². The van der Waals surface area contributed by atoms with Crippen LogP contribution < -0.4 is 4.90 Å². The number of ether oxygens (including phenoxy) is 1. The van der Waals surface area contributed by atoms with Gasteiger partial charge >= 0.3 is 0 Å². The van der Waals surface area contributed by atoms with E-state index in [2.05, 4.69) is 69.1 Å². The van der Waals surface area contributed by atoms with Crippen LogP contribution in [0.15, 0.2) is 60.8 Å². The summed E-state index contributed by atoms with van der Waals surface area (Å²) in [5, 5.41) is 1.06. The van der Waals surface area contributed by atoms with Gasteiger partial charge in [-0.15, -0.1) is 0 Å². The van der Waals surface area contributed by atoms with Gasteiger partial charge in [0.15, 0.2) is 0 Å². The first kappa shape index (κ1) is 22.0. The number of piperazine rings is 1. The van der Waals surface area contributed by atoms with E-state index in [0.717, 1.165) is 62.2 Å². The molecule has 2 saturated heterocycles. The second-order valence-electron chi connectivity index (χ2n) is 9.03. The maximum absolute atomic E-state index is 13.1. The highest BCUT2D eigenvalue weighted by molar-refractivity contribution is 6.07. The lowest BCUT2D eigenvalue weighted by Gasteiger charge is -2.36. The standard InChI is InChI=1S/C27H34N4O2/c32-27(30-18-20-33-21-19-30)25-22-31(26-11-5-4-10-24(25)26)13-7-6-12-28-14-16-29(17-15-28)23-8-2-1-3-9-23/h1-5,8-11,22H,6-7,12-21H2. The molecular weight excluding hydrogens is 412 g/mol. The highest BCUT2D eigenvalue weighted by atomic mass is 16.5. The molecule has 6 nitrogen and oxygen atoms in total. The van der Waals surface area contributed by atoms with Gasteiger partial charge in [0, 0.05) is 68.6 Å². The Morgan fingerprint density at radius 3 is 2.27 bits per heavy atom. The summed E-state index contributed by atoms with van der Waals surface area (Å²) in [6, 6.07) is 19.0. The first-order valence-corrected chi connectivity index (χ1v) is 12.3. The van der Waals surface area contributed by atoms with E-state index < -0.39 is 0 Å². The molecule has 3 heterocycles. The van der Waals surface area contributed by atoms with Crippen molar-refractivity contribution in [1.29, 1.82) is 0 Å². The van der Waals surface area contributed by atoms with Gasteiger partial charge in [-0.1, -0.05) is 36.4 Å². The number of aromatic nitrogens is 1. The number of amides is 1. The van der Waals surface area contributed by atoms with Crippen molar-refractivity contribution in [2.45, 2.75) is 19.4 Å². The number of nitrogens with zero attached hydrogens (tertiary/aromatic N) is 4. The Morgan fingerprint density at radius 2 is 1.48 bits per heavy atom. The maximum Gasteiger partial charge on any atom is 0.256 e. The first-order chi connectivity index (χ1) is 16.3. The van der Waals surface area contributed by atoms with Crippen LogP contribution in [0.25, 0.3) is 10.9 Å². The van der Waals surface area contributed by atoms with Crippen LogP contribution in [0.5, 0.6) is 0 Å². The van der Waals surface area contributed by atoms with E-state index >= 15 is 0 Å². The van der Waals surface area contributed by atoms with Crippen LogP contribution >= 0.6 is 0 Å². The van der Waals surface area contributed by atoms with E-state index in [1.54, 1.807) is 0 Å². The van der Waals surface area contributed by atoms with Gasteiger partial charge in [0.2, 0.25) is 0 Å². The average Bonchev–Trinajstić information content (AvgIpc) is 3.26. The zero-order chi connectivity index (χ0) is 22.5. The van der Waals surface area contributed by atoms with Crippen molar-refractivity contribution in [3.63, 3.8) is 0 Å². The molecule has 0 bridgehead atoms. The Morgan fingerprint density at radius 1 is 0.788 bits per heavy atom. The largest absolute Gasteiger partial charge is 0.378 e. The fourth-order valence-corrected chi connectivity index (χ4v) is 5.03. The van der Waals surface area contributed by atoms with E-state index in [-0.39, 0.29) is 5.91 Å². The zero-order valence-electron chi connectivity index (χ0n) is 19.4. The third-order valence-electron chi connectivity index (χ3n) is 6.93. The summed E-state index contributed by atoms with van der Waals surface area (Å²) in [4.78, 5) is 20.1. The number of carbonyl (C=O) groups is 1. The minimum atomic E-state index is 0.129. The molecule has 0 atom stereocenters. The van der Waals surface area contributed by atoms with Gasteiger partial charge < -0.3 is 19.1 Å². The SMILES string of the molecule is O=C(c1cn(CCCCN2CCN(c3ccccc3)CC2)c2ccccc12)N1CCOCC1.